The number of ether oxygens (including phenoxy) is 1. The van der Waals surface area contributed by atoms with Gasteiger partial charge in [-0.05, 0) is 25.0 Å². The van der Waals surface area contributed by atoms with Crippen molar-refractivity contribution in [3.8, 4) is 0 Å². The van der Waals surface area contributed by atoms with Crippen LogP contribution in [-0.4, -0.2) is 48.6 Å². The van der Waals surface area contributed by atoms with Crippen LogP contribution in [0.5, 0.6) is 0 Å². The van der Waals surface area contributed by atoms with Gasteiger partial charge in [0, 0.05) is 38.1 Å². The molecule has 2 heterocycles. The fraction of sp³-hybridized carbons (Fsp3) is 0.571. The summed E-state index contributed by atoms with van der Waals surface area (Å²) in [5.41, 5.74) is 1.45. The van der Waals surface area contributed by atoms with Crippen molar-refractivity contribution < 1.29 is 9.53 Å². The van der Waals surface area contributed by atoms with Crippen molar-refractivity contribution in [3.05, 3.63) is 24.0 Å². The van der Waals surface area contributed by atoms with E-state index in [4.69, 9.17) is 4.74 Å². The standard InChI is InChI=1S/C14H21N3O2/c1-2-5-15-12-4-6-16-13(11-12)14(18)17-7-3-9-19-10-8-17/h4,6,11H,2-3,5,7-10H2,1H3,(H,15,16). The highest BCUT2D eigenvalue weighted by Gasteiger charge is 2.18. The van der Waals surface area contributed by atoms with Gasteiger partial charge in [0.2, 0.25) is 0 Å². The topological polar surface area (TPSA) is 54.5 Å². The number of hydrogen-bond acceptors (Lipinski definition) is 4. The van der Waals surface area contributed by atoms with Gasteiger partial charge in [-0.2, -0.15) is 0 Å². The van der Waals surface area contributed by atoms with Gasteiger partial charge in [-0.1, -0.05) is 6.92 Å². The quantitative estimate of drug-likeness (QED) is 0.899. The maximum absolute atomic E-state index is 12.4. The molecular formula is C14H21N3O2. The molecule has 1 aliphatic heterocycles. The molecule has 1 aromatic heterocycles. The molecule has 0 aromatic carbocycles. The van der Waals surface area contributed by atoms with Crippen molar-refractivity contribution in [1.29, 1.82) is 0 Å². The summed E-state index contributed by atoms with van der Waals surface area (Å²) in [5.74, 6) is -0.00866. The summed E-state index contributed by atoms with van der Waals surface area (Å²) in [5, 5.41) is 3.27. The monoisotopic (exact) mass is 263 g/mol. The van der Waals surface area contributed by atoms with Crippen LogP contribution in [0.2, 0.25) is 0 Å². The smallest absolute Gasteiger partial charge is 0.272 e. The van der Waals surface area contributed by atoms with E-state index >= 15 is 0 Å². The summed E-state index contributed by atoms with van der Waals surface area (Å²) in [4.78, 5) is 18.4. The van der Waals surface area contributed by atoms with Crippen LogP contribution in [0, 0.1) is 0 Å². The molecule has 1 aliphatic rings. The van der Waals surface area contributed by atoms with Crippen molar-refractivity contribution in [3.63, 3.8) is 0 Å². The molecule has 0 saturated carbocycles. The molecule has 1 saturated heterocycles. The first-order valence-electron chi connectivity index (χ1n) is 6.88. The van der Waals surface area contributed by atoms with Crippen molar-refractivity contribution in [2.24, 2.45) is 0 Å². The Balaban J connectivity index is 2.04. The summed E-state index contributed by atoms with van der Waals surface area (Å²) in [6, 6.07) is 3.71. The number of nitrogens with zero attached hydrogens (tertiary/aromatic N) is 2. The molecule has 1 amide bonds. The molecule has 0 radical (unpaired) electrons. The van der Waals surface area contributed by atoms with Crippen LogP contribution in [-0.2, 0) is 4.74 Å². The highest BCUT2D eigenvalue weighted by Crippen LogP contribution is 2.11. The van der Waals surface area contributed by atoms with Crippen LogP contribution in [0.25, 0.3) is 0 Å². The predicted molar refractivity (Wildman–Crippen MR) is 74.4 cm³/mol. The van der Waals surface area contributed by atoms with Crippen LogP contribution in [0.3, 0.4) is 0 Å². The third-order valence-electron chi connectivity index (χ3n) is 3.07. The largest absolute Gasteiger partial charge is 0.385 e. The molecule has 0 spiro atoms. The molecule has 1 fully saturated rings. The van der Waals surface area contributed by atoms with Gasteiger partial charge >= 0.3 is 0 Å². The molecule has 5 nitrogen and oxygen atoms in total. The Kier molecular flexibility index (Phi) is 5.15. The van der Waals surface area contributed by atoms with Crippen LogP contribution >= 0.6 is 0 Å². The molecule has 0 aliphatic carbocycles. The summed E-state index contributed by atoms with van der Waals surface area (Å²) in [6.07, 6.45) is 3.62. The SMILES string of the molecule is CCCNc1ccnc(C(=O)N2CCCOCC2)c1. The third kappa shape index (κ3) is 3.92. The number of rotatable bonds is 4. The Morgan fingerprint density at radius 3 is 3.21 bits per heavy atom. The second kappa shape index (κ2) is 7.09. The minimum absolute atomic E-state index is 0.00866. The molecule has 2 rings (SSSR count). The number of carbonyl (C=O) groups excluding carboxylic acids is 1. The van der Waals surface area contributed by atoms with Gasteiger partial charge in [0.25, 0.3) is 5.91 Å². The zero-order chi connectivity index (χ0) is 13.5. The number of nitrogens with one attached hydrogen (secondary N) is 1. The van der Waals surface area contributed by atoms with Gasteiger partial charge in [0.15, 0.2) is 0 Å². The van der Waals surface area contributed by atoms with Crippen molar-refractivity contribution >= 4 is 11.6 Å². The lowest BCUT2D eigenvalue weighted by atomic mass is 10.2. The van der Waals surface area contributed by atoms with E-state index in [0.717, 1.165) is 38.2 Å². The summed E-state index contributed by atoms with van der Waals surface area (Å²) in [7, 11) is 0. The van der Waals surface area contributed by atoms with Gasteiger partial charge in [0.05, 0.1) is 6.61 Å². The highest BCUT2D eigenvalue weighted by molar-refractivity contribution is 5.93. The zero-order valence-corrected chi connectivity index (χ0v) is 11.4. The van der Waals surface area contributed by atoms with Crippen LogP contribution in [0.1, 0.15) is 30.3 Å². The van der Waals surface area contributed by atoms with E-state index in [1.54, 1.807) is 6.20 Å². The van der Waals surface area contributed by atoms with Gasteiger partial charge in [-0.25, -0.2) is 0 Å². The Bertz CT molecular complexity index is 415. The van der Waals surface area contributed by atoms with E-state index in [0.29, 0.717) is 18.8 Å². The number of aromatic nitrogens is 1. The molecule has 0 bridgehead atoms. The lowest BCUT2D eigenvalue weighted by molar-refractivity contribution is 0.0735. The first-order valence-corrected chi connectivity index (χ1v) is 6.88. The van der Waals surface area contributed by atoms with E-state index < -0.39 is 0 Å². The Morgan fingerprint density at radius 1 is 1.47 bits per heavy atom. The average molecular weight is 263 g/mol. The third-order valence-corrected chi connectivity index (χ3v) is 3.07. The lowest BCUT2D eigenvalue weighted by Crippen LogP contribution is -2.33. The Morgan fingerprint density at radius 2 is 2.37 bits per heavy atom. The first kappa shape index (κ1) is 13.8. The number of pyridine rings is 1. The minimum atomic E-state index is -0.00866. The second-order valence-corrected chi connectivity index (χ2v) is 4.61. The van der Waals surface area contributed by atoms with Gasteiger partial charge in [0.1, 0.15) is 5.69 Å². The number of carbonyl (C=O) groups is 1. The molecule has 1 aromatic rings. The molecule has 0 atom stereocenters. The summed E-state index contributed by atoms with van der Waals surface area (Å²) in [6.45, 7) is 5.74. The fourth-order valence-electron chi connectivity index (χ4n) is 2.04. The van der Waals surface area contributed by atoms with Crippen molar-refractivity contribution in [1.82, 2.24) is 9.88 Å². The summed E-state index contributed by atoms with van der Waals surface area (Å²) < 4.78 is 5.36. The highest BCUT2D eigenvalue weighted by atomic mass is 16.5. The normalized spacial score (nSPS) is 15.9. The fourth-order valence-corrected chi connectivity index (χ4v) is 2.04. The Hall–Kier alpha value is -1.62. The molecule has 0 unspecified atom stereocenters. The Labute approximate surface area is 114 Å². The zero-order valence-electron chi connectivity index (χ0n) is 11.4. The van der Waals surface area contributed by atoms with Gasteiger partial charge in [-0.3, -0.25) is 9.78 Å². The second-order valence-electron chi connectivity index (χ2n) is 4.61. The van der Waals surface area contributed by atoms with Crippen molar-refractivity contribution in [2.45, 2.75) is 19.8 Å². The van der Waals surface area contributed by atoms with E-state index in [-0.39, 0.29) is 5.91 Å². The minimum Gasteiger partial charge on any atom is -0.385 e. The average Bonchev–Trinajstić information content (AvgIpc) is 2.73. The first-order chi connectivity index (χ1) is 9.31. The predicted octanol–water partition coefficient (Wildman–Crippen LogP) is 1.77. The number of hydrogen-bond donors (Lipinski definition) is 1. The number of anilines is 1. The molecule has 5 heteroatoms. The lowest BCUT2D eigenvalue weighted by Gasteiger charge is -2.19. The maximum Gasteiger partial charge on any atom is 0.272 e. The van der Waals surface area contributed by atoms with Gasteiger partial charge < -0.3 is 15.0 Å². The molecule has 19 heavy (non-hydrogen) atoms. The molecule has 104 valence electrons. The van der Waals surface area contributed by atoms with Gasteiger partial charge in [-0.15, -0.1) is 0 Å². The van der Waals surface area contributed by atoms with Crippen LogP contribution in [0.4, 0.5) is 5.69 Å². The summed E-state index contributed by atoms with van der Waals surface area (Å²) >= 11 is 0. The van der Waals surface area contributed by atoms with Crippen LogP contribution < -0.4 is 5.32 Å². The van der Waals surface area contributed by atoms with Crippen molar-refractivity contribution in [2.75, 3.05) is 38.2 Å². The van der Waals surface area contributed by atoms with Crippen LogP contribution in [0.15, 0.2) is 18.3 Å². The van der Waals surface area contributed by atoms with E-state index in [9.17, 15) is 4.79 Å². The van der Waals surface area contributed by atoms with E-state index in [2.05, 4.69) is 17.2 Å². The number of amides is 1. The van der Waals surface area contributed by atoms with E-state index in [1.807, 2.05) is 17.0 Å². The molecule has 1 N–H and O–H groups in total. The van der Waals surface area contributed by atoms with E-state index in [1.165, 1.54) is 0 Å². The molecular weight excluding hydrogens is 242 g/mol. The maximum atomic E-state index is 12.4.